The van der Waals surface area contributed by atoms with Crippen molar-refractivity contribution in [3.63, 3.8) is 0 Å². The number of nitrogens with zero attached hydrogens (tertiary/aromatic N) is 3. The normalized spacial score (nSPS) is 10.8. The summed E-state index contributed by atoms with van der Waals surface area (Å²) in [7, 11) is 0. The Morgan fingerprint density at radius 3 is 2.88 bits per heavy atom. The molecule has 0 radical (unpaired) electrons. The molecule has 1 aromatic carbocycles. The molecule has 0 aliphatic rings. The van der Waals surface area contributed by atoms with Crippen LogP contribution in [0.15, 0.2) is 36.5 Å². The second-order valence-electron chi connectivity index (χ2n) is 4.95. The maximum absolute atomic E-state index is 13.6. The lowest BCUT2D eigenvalue weighted by atomic mass is 10.2. The van der Waals surface area contributed by atoms with Gasteiger partial charge in [0.15, 0.2) is 5.65 Å². The van der Waals surface area contributed by atoms with Crippen LogP contribution in [0.25, 0.3) is 5.65 Å². The fourth-order valence-corrected chi connectivity index (χ4v) is 2.13. The molecule has 124 valence electrons. The smallest absolute Gasteiger partial charge is 0.271 e. The van der Waals surface area contributed by atoms with Gasteiger partial charge in [0.2, 0.25) is 5.88 Å². The lowest BCUT2D eigenvalue weighted by Crippen LogP contribution is -2.23. The number of benzene rings is 1. The Kier molecular flexibility index (Phi) is 4.37. The van der Waals surface area contributed by atoms with E-state index in [9.17, 15) is 13.6 Å². The first-order valence-corrected chi connectivity index (χ1v) is 7.28. The zero-order chi connectivity index (χ0) is 17.1. The molecule has 8 heteroatoms. The van der Waals surface area contributed by atoms with E-state index in [1.165, 1.54) is 16.8 Å². The van der Waals surface area contributed by atoms with Gasteiger partial charge in [0, 0.05) is 24.2 Å². The fraction of sp³-hybridized carbons (Fsp3) is 0.188. The van der Waals surface area contributed by atoms with Crippen molar-refractivity contribution in [1.82, 2.24) is 19.9 Å². The fourth-order valence-electron chi connectivity index (χ4n) is 2.13. The minimum absolute atomic E-state index is 0.0730. The molecule has 0 unspecified atom stereocenters. The maximum Gasteiger partial charge on any atom is 0.271 e. The lowest BCUT2D eigenvalue weighted by molar-refractivity contribution is 0.0946. The van der Waals surface area contributed by atoms with E-state index in [1.54, 1.807) is 12.1 Å². The average molecular weight is 332 g/mol. The number of rotatable bonds is 5. The van der Waals surface area contributed by atoms with Gasteiger partial charge in [-0.15, -0.1) is 5.10 Å². The summed E-state index contributed by atoms with van der Waals surface area (Å²) in [6.07, 6.45) is 1.45. The van der Waals surface area contributed by atoms with Crippen LogP contribution in [-0.4, -0.2) is 27.1 Å². The van der Waals surface area contributed by atoms with Gasteiger partial charge in [-0.25, -0.2) is 18.3 Å². The predicted octanol–water partition coefficient (Wildman–Crippen LogP) is 2.34. The number of carbonyl (C=O) groups excluding carboxylic acids is 1. The van der Waals surface area contributed by atoms with Crippen LogP contribution >= 0.6 is 0 Å². The van der Waals surface area contributed by atoms with E-state index < -0.39 is 17.5 Å². The molecule has 1 amide bonds. The van der Waals surface area contributed by atoms with Crippen molar-refractivity contribution >= 4 is 11.6 Å². The molecule has 1 N–H and O–H groups in total. The Balaban J connectivity index is 1.73. The van der Waals surface area contributed by atoms with Crippen LogP contribution in [0.4, 0.5) is 8.78 Å². The Morgan fingerprint density at radius 1 is 1.29 bits per heavy atom. The Hall–Kier alpha value is -3.03. The number of halogens is 2. The summed E-state index contributed by atoms with van der Waals surface area (Å²) in [5.41, 5.74) is 0.806. The molecule has 0 saturated carbocycles. The van der Waals surface area contributed by atoms with Crippen LogP contribution in [0.2, 0.25) is 0 Å². The molecule has 0 bridgehead atoms. The number of hydrogen-bond donors (Lipinski definition) is 1. The van der Waals surface area contributed by atoms with Crippen LogP contribution in [0.5, 0.6) is 5.88 Å². The number of hydrogen-bond acceptors (Lipinski definition) is 4. The largest absolute Gasteiger partial charge is 0.477 e. The maximum atomic E-state index is 13.6. The highest BCUT2D eigenvalue weighted by molar-refractivity contribution is 5.92. The number of nitrogens with one attached hydrogen (secondary N) is 1. The van der Waals surface area contributed by atoms with Gasteiger partial charge in [0.1, 0.15) is 17.3 Å². The quantitative estimate of drug-likeness (QED) is 0.779. The molecular weight excluding hydrogens is 318 g/mol. The third-order valence-corrected chi connectivity index (χ3v) is 3.27. The van der Waals surface area contributed by atoms with Gasteiger partial charge in [-0.05, 0) is 19.1 Å². The van der Waals surface area contributed by atoms with Crippen molar-refractivity contribution in [3.05, 3.63) is 59.4 Å². The van der Waals surface area contributed by atoms with Crippen molar-refractivity contribution in [2.75, 3.05) is 6.61 Å². The van der Waals surface area contributed by atoms with Crippen molar-refractivity contribution in [3.8, 4) is 5.88 Å². The van der Waals surface area contributed by atoms with Crippen molar-refractivity contribution in [2.24, 2.45) is 0 Å². The molecule has 0 aliphatic carbocycles. The first-order chi connectivity index (χ1) is 11.6. The molecule has 6 nitrogen and oxygen atoms in total. The lowest BCUT2D eigenvalue weighted by Gasteiger charge is -2.04. The van der Waals surface area contributed by atoms with Gasteiger partial charge in [-0.2, -0.15) is 0 Å². The first-order valence-electron chi connectivity index (χ1n) is 7.28. The van der Waals surface area contributed by atoms with Gasteiger partial charge in [-0.1, -0.05) is 6.07 Å². The van der Waals surface area contributed by atoms with Crippen molar-refractivity contribution < 1.29 is 18.3 Å². The molecule has 3 rings (SSSR count). The van der Waals surface area contributed by atoms with Gasteiger partial charge in [0.25, 0.3) is 5.91 Å². The summed E-state index contributed by atoms with van der Waals surface area (Å²) in [4.78, 5) is 16.3. The second-order valence-corrected chi connectivity index (χ2v) is 4.95. The van der Waals surface area contributed by atoms with E-state index in [1.807, 2.05) is 6.92 Å². The average Bonchev–Trinajstić information content (AvgIpc) is 2.97. The van der Waals surface area contributed by atoms with Crippen LogP contribution in [0.1, 0.15) is 23.0 Å². The zero-order valence-corrected chi connectivity index (χ0v) is 12.8. The molecule has 0 saturated heterocycles. The van der Waals surface area contributed by atoms with E-state index in [2.05, 4.69) is 15.4 Å². The SMILES string of the molecule is CCOc1ccc2nc(C(=O)NCc3ccc(F)cc3F)cn2n1. The Morgan fingerprint density at radius 2 is 2.12 bits per heavy atom. The summed E-state index contributed by atoms with van der Waals surface area (Å²) < 4.78 is 33.1. The molecule has 3 aromatic rings. The number of amides is 1. The van der Waals surface area contributed by atoms with E-state index >= 15 is 0 Å². The van der Waals surface area contributed by atoms with Crippen LogP contribution < -0.4 is 10.1 Å². The van der Waals surface area contributed by atoms with Crippen LogP contribution in [0, 0.1) is 11.6 Å². The van der Waals surface area contributed by atoms with E-state index in [4.69, 9.17) is 4.74 Å². The summed E-state index contributed by atoms with van der Waals surface area (Å²) in [6.45, 7) is 2.24. The van der Waals surface area contributed by atoms with Crippen LogP contribution in [0.3, 0.4) is 0 Å². The van der Waals surface area contributed by atoms with Crippen molar-refractivity contribution in [2.45, 2.75) is 13.5 Å². The van der Waals surface area contributed by atoms with Gasteiger partial charge >= 0.3 is 0 Å². The number of ether oxygens (including phenoxy) is 1. The summed E-state index contributed by atoms with van der Waals surface area (Å²) in [5.74, 6) is -1.45. The van der Waals surface area contributed by atoms with Crippen LogP contribution in [-0.2, 0) is 6.54 Å². The summed E-state index contributed by atoms with van der Waals surface area (Å²) in [6, 6.07) is 6.51. The molecule has 2 heterocycles. The molecule has 0 spiro atoms. The van der Waals surface area contributed by atoms with E-state index in [-0.39, 0.29) is 17.8 Å². The van der Waals surface area contributed by atoms with E-state index in [0.29, 0.717) is 18.1 Å². The highest BCUT2D eigenvalue weighted by atomic mass is 19.1. The molecule has 0 aliphatic heterocycles. The highest BCUT2D eigenvalue weighted by Crippen LogP contribution is 2.11. The van der Waals surface area contributed by atoms with E-state index in [0.717, 1.165) is 12.1 Å². The minimum atomic E-state index is -0.715. The number of carbonyl (C=O) groups is 1. The third kappa shape index (κ3) is 3.32. The summed E-state index contributed by atoms with van der Waals surface area (Å²) >= 11 is 0. The Bertz CT molecular complexity index is 895. The highest BCUT2D eigenvalue weighted by Gasteiger charge is 2.13. The minimum Gasteiger partial charge on any atom is -0.477 e. The first kappa shape index (κ1) is 15.9. The zero-order valence-electron chi connectivity index (χ0n) is 12.8. The predicted molar refractivity (Wildman–Crippen MR) is 81.7 cm³/mol. The summed E-state index contributed by atoms with van der Waals surface area (Å²) in [5, 5.41) is 6.70. The van der Waals surface area contributed by atoms with Crippen molar-refractivity contribution in [1.29, 1.82) is 0 Å². The molecule has 0 atom stereocenters. The monoisotopic (exact) mass is 332 g/mol. The number of imidazole rings is 1. The molecule has 0 fully saturated rings. The topological polar surface area (TPSA) is 68.5 Å². The molecule has 24 heavy (non-hydrogen) atoms. The molecule has 2 aromatic heterocycles. The molecular formula is C16H14F2N4O2. The van der Waals surface area contributed by atoms with Gasteiger partial charge in [0.05, 0.1) is 12.8 Å². The third-order valence-electron chi connectivity index (χ3n) is 3.27. The Labute approximate surface area is 136 Å². The van der Waals surface area contributed by atoms with Gasteiger partial charge < -0.3 is 10.1 Å². The number of aromatic nitrogens is 3. The van der Waals surface area contributed by atoms with Gasteiger partial charge in [-0.3, -0.25) is 4.79 Å². The standard InChI is InChI=1S/C16H14F2N4O2/c1-2-24-15-6-5-14-20-13(9-22(14)21-15)16(23)19-8-10-3-4-11(17)7-12(10)18/h3-7,9H,2,8H2,1H3,(H,19,23). The number of fused-ring (bicyclic) bond motifs is 1. The second kappa shape index (κ2) is 6.61.